The smallest absolute Gasteiger partial charge is 0.157 e. The molecule has 0 aliphatic rings. The average Bonchev–Trinajstić information content (AvgIpc) is 2.62. The van der Waals surface area contributed by atoms with Gasteiger partial charge < -0.3 is 0 Å². The van der Waals surface area contributed by atoms with E-state index in [1.807, 2.05) is 0 Å². The van der Waals surface area contributed by atoms with E-state index in [0.29, 0.717) is 6.54 Å². The quantitative estimate of drug-likeness (QED) is 0.769. The summed E-state index contributed by atoms with van der Waals surface area (Å²) in [6.07, 6.45) is 2.59. The largest absolute Gasteiger partial charge is 0.251 e. The molecule has 98 valence electrons. The third-order valence-corrected chi connectivity index (χ3v) is 5.44. The topological polar surface area (TPSA) is 64.8 Å². The second kappa shape index (κ2) is 5.48. The van der Waals surface area contributed by atoms with Gasteiger partial charge >= 0.3 is 0 Å². The molecule has 0 atom stereocenters. The second-order valence-corrected chi connectivity index (χ2v) is 8.50. The number of alkyl halides is 1. The lowest BCUT2D eigenvalue weighted by Gasteiger charge is -2.18. The first kappa shape index (κ1) is 14.6. The highest BCUT2D eigenvalue weighted by atomic mass is 79.9. The minimum atomic E-state index is -3.10. The van der Waals surface area contributed by atoms with Gasteiger partial charge in [0.05, 0.1) is 22.7 Å². The molecule has 1 aromatic heterocycles. The Hall–Kier alpha value is -0.430. The number of rotatable bonds is 5. The Morgan fingerprint density at radius 2 is 2.06 bits per heavy atom. The Labute approximate surface area is 111 Å². The molecule has 0 fully saturated rings. The molecule has 0 aliphatic carbocycles. The molecule has 0 saturated heterocycles. The van der Waals surface area contributed by atoms with Crippen LogP contribution in [0.2, 0.25) is 0 Å². The number of hydrogen-bond acceptors (Lipinski definition) is 4. The van der Waals surface area contributed by atoms with Gasteiger partial charge in [-0.05, 0) is 20.8 Å². The SMILES string of the molecule is CC(C)(C)S(=O)(=O)CCn1cc(CCBr)nn1. The molecule has 0 radical (unpaired) electrons. The highest BCUT2D eigenvalue weighted by Gasteiger charge is 2.28. The molecule has 0 unspecified atom stereocenters. The summed E-state index contributed by atoms with van der Waals surface area (Å²) >= 11 is 3.32. The van der Waals surface area contributed by atoms with E-state index in [1.54, 1.807) is 31.6 Å². The lowest BCUT2D eigenvalue weighted by molar-refractivity contribution is 0.545. The number of aromatic nitrogens is 3. The Balaban J connectivity index is 2.62. The summed E-state index contributed by atoms with van der Waals surface area (Å²) in [5.74, 6) is 0.0909. The van der Waals surface area contributed by atoms with Crippen LogP contribution in [0.5, 0.6) is 0 Å². The maximum atomic E-state index is 11.9. The van der Waals surface area contributed by atoms with Crippen molar-refractivity contribution in [3.05, 3.63) is 11.9 Å². The van der Waals surface area contributed by atoms with Crippen molar-refractivity contribution >= 4 is 25.8 Å². The molecule has 1 rings (SSSR count). The summed E-state index contributed by atoms with van der Waals surface area (Å²) in [6.45, 7) is 5.48. The van der Waals surface area contributed by atoms with Crippen LogP contribution in [0.4, 0.5) is 0 Å². The normalized spacial score (nSPS) is 12.9. The molecule has 0 saturated carbocycles. The van der Waals surface area contributed by atoms with Crippen molar-refractivity contribution in [3.8, 4) is 0 Å². The van der Waals surface area contributed by atoms with Gasteiger partial charge in [-0.2, -0.15) is 0 Å². The van der Waals surface area contributed by atoms with Crippen molar-refractivity contribution in [2.45, 2.75) is 38.5 Å². The van der Waals surface area contributed by atoms with E-state index in [-0.39, 0.29) is 5.75 Å². The van der Waals surface area contributed by atoms with Gasteiger partial charge in [0.15, 0.2) is 9.84 Å². The van der Waals surface area contributed by atoms with Crippen molar-refractivity contribution in [2.24, 2.45) is 0 Å². The molecule has 0 spiro atoms. The van der Waals surface area contributed by atoms with Gasteiger partial charge in [0.2, 0.25) is 0 Å². The zero-order valence-corrected chi connectivity index (χ0v) is 12.8. The van der Waals surface area contributed by atoms with Crippen LogP contribution in [-0.2, 0) is 22.8 Å². The van der Waals surface area contributed by atoms with E-state index >= 15 is 0 Å². The maximum absolute atomic E-state index is 11.9. The summed E-state index contributed by atoms with van der Waals surface area (Å²) in [7, 11) is -3.10. The van der Waals surface area contributed by atoms with Gasteiger partial charge in [-0.25, -0.2) is 8.42 Å². The highest BCUT2D eigenvalue weighted by Crippen LogP contribution is 2.16. The van der Waals surface area contributed by atoms with Crippen molar-refractivity contribution in [2.75, 3.05) is 11.1 Å². The monoisotopic (exact) mass is 323 g/mol. The van der Waals surface area contributed by atoms with E-state index in [9.17, 15) is 8.42 Å². The first-order valence-corrected chi connectivity index (χ1v) is 8.21. The van der Waals surface area contributed by atoms with Gasteiger partial charge in [-0.1, -0.05) is 21.1 Å². The molecule has 5 nitrogen and oxygen atoms in total. The molecular formula is C10H18BrN3O2S. The fourth-order valence-electron chi connectivity index (χ4n) is 1.18. The molecule has 0 aliphatic heterocycles. The van der Waals surface area contributed by atoms with E-state index < -0.39 is 14.6 Å². The van der Waals surface area contributed by atoms with E-state index in [2.05, 4.69) is 26.2 Å². The Morgan fingerprint density at radius 1 is 1.41 bits per heavy atom. The van der Waals surface area contributed by atoms with Gasteiger partial charge in [-0.3, -0.25) is 4.68 Å². The molecule has 0 bridgehead atoms. The van der Waals surface area contributed by atoms with Gasteiger partial charge in [-0.15, -0.1) is 5.10 Å². The van der Waals surface area contributed by atoms with E-state index in [1.165, 1.54) is 0 Å². The molecule has 17 heavy (non-hydrogen) atoms. The minimum Gasteiger partial charge on any atom is -0.251 e. The lowest BCUT2D eigenvalue weighted by Crippen LogP contribution is -2.32. The van der Waals surface area contributed by atoms with Crippen LogP contribution in [-0.4, -0.2) is 39.2 Å². The third-order valence-electron chi connectivity index (χ3n) is 2.46. The van der Waals surface area contributed by atoms with E-state index in [0.717, 1.165) is 17.4 Å². The third kappa shape index (κ3) is 4.06. The summed E-state index contributed by atoms with van der Waals surface area (Å²) in [5, 5.41) is 8.68. The van der Waals surface area contributed by atoms with Crippen molar-refractivity contribution < 1.29 is 8.42 Å². The molecule has 7 heteroatoms. The Kier molecular flexibility index (Phi) is 4.71. The zero-order valence-electron chi connectivity index (χ0n) is 10.4. The predicted molar refractivity (Wildman–Crippen MR) is 71.1 cm³/mol. The standard InChI is InChI=1S/C10H18BrN3O2S/c1-10(2,3)17(15,16)7-6-14-8-9(4-5-11)12-13-14/h8H,4-7H2,1-3H3. The van der Waals surface area contributed by atoms with E-state index in [4.69, 9.17) is 0 Å². The van der Waals surface area contributed by atoms with Crippen LogP contribution >= 0.6 is 15.9 Å². The van der Waals surface area contributed by atoms with Crippen LogP contribution in [0, 0.1) is 0 Å². The van der Waals surface area contributed by atoms with Crippen LogP contribution in [0.3, 0.4) is 0 Å². The zero-order chi connectivity index (χ0) is 13.1. The molecule has 1 heterocycles. The molecule has 0 aromatic carbocycles. The van der Waals surface area contributed by atoms with Crippen molar-refractivity contribution in [3.63, 3.8) is 0 Å². The van der Waals surface area contributed by atoms with Gasteiger partial charge in [0.1, 0.15) is 0 Å². The highest BCUT2D eigenvalue weighted by molar-refractivity contribution is 9.09. The maximum Gasteiger partial charge on any atom is 0.157 e. The average molecular weight is 324 g/mol. The fraction of sp³-hybridized carbons (Fsp3) is 0.800. The van der Waals surface area contributed by atoms with Crippen molar-refractivity contribution in [1.29, 1.82) is 0 Å². The minimum absolute atomic E-state index is 0.0909. The number of nitrogens with zero attached hydrogens (tertiary/aromatic N) is 3. The molecular weight excluding hydrogens is 306 g/mol. The fourth-order valence-corrected chi connectivity index (χ4v) is 2.63. The summed E-state index contributed by atoms with van der Waals surface area (Å²) in [5.41, 5.74) is 0.870. The molecule has 1 aromatic rings. The Bertz CT molecular complexity index is 462. The number of aryl methyl sites for hydroxylation is 2. The van der Waals surface area contributed by atoms with Crippen molar-refractivity contribution in [1.82, 2.24) is 15.0 Å². The molecule has 0 N–H and O–H groups in total. The molecule has 0 amide bonds. The number of halogens is 1. The summed E-state index contributed by atoms with van der Waals surface area (Å²) in [6, 6.07) is 0. The first-order valence-electron chi connectivity index (χ1n) is 5.43. The van der Waals surface area contributed by atoms with Crippen LogP contribution in [0.15, 0.2) is 6.20 Å². The van der Waals surface area contributed by atoms with Crippen LogP contribution in [0.25, 0.3) is 0 Å². The number of hydrogen-bond donors (Lipinski definition) is 0. The predicted octanol–water partition coefficient (Wildman–Crippen LogP) is 1.43. The van der Waals surface area contributed by atoms with Crippen LogP contribution in [0.1, 0.15) is 26.5 Å². The summed E-state index contributed by atoms with van der Waals surface area (Å²) < 4.78 is 24.6. The summed E-state index contributed by atoms with van der Waals surface area (Å²) in [4.78, 5) is 0. The first-order chi connectivity index (χ1) is 7.76. The van der Waals surface area contributed by atoms with Gasteiger partial charge in [0, 0.05) is 17.9 Å². The number of sulfone groups is 1. The second-order valence-electron chi connectivity index (χ2n) is 4.84. The van der Waals surface area contributed by atoms with Crippen LogP contribution < -0.4 is 0 Å². The van der Waals surface area contributed by atoms with Gasteiger partial charge in [0.25, 0.3) is 0 Å². The lowest BCUT2D eigenvalue weighted by atomic mass is 10.3. The Morgan fingerprint density at radius 3 is 2.59 bits per heavy atom.